The van der Waals surface area contributed by atoms with E-state index in [9.17, 15) is 18.0 Å². The first kappa shape index (κ1) is 28.8. The highest BCUT2D eigenvalue weighted by molar-refractivity contribution is 7.87. The van der Waals surface area contributed by atoms with E-state index in [2.05, 4.69) is 6.92 Å². The van der Waals surface area contributed by atoms with Gasteiger partial charge in [-0.05, 0) is 6.42 Å². The molecule has 0 saturated carbocycles. The van der Waals surface area contributed by atoms with E-state index in [1.807, 2.05) is 0 Å². The third-order valence-corrected chi connectivity index (χ3v) is 5.58. The van der Waals surface area contributed by atoms with E-state index >= 15 is 0 Å². The Morgan fingerprint density at radius 3 is 1.73 bits per heavy atom. The van der Waals surface area contributed by atoms with Crippen molar-refractivity contribution >= 4 is 22.1 Å². The van der Waals surface area contributed by atoms with E-state index < -0.39 is 33.7 Å². The molecule has 9 nitrogen and oxygen atoms in total. The molecule has 0 aromatic heterocycles. The number of rotatable bonds is 21. The molecule has 0 aliphatic rings. The number of aliphatic carboxylic acids is 1. The normalized spacial score (nSPS) is 12.6. The fourth-order valence-electron chi connectivity index (χ4n) is 2.76. The summed E-state index contributed by atoms with van der Waals surface area (Å²) < 4.78 is 45.9. The molecule has 0 heterocycles. The molecule has 10 heteroatoms. The Balaban J connectivity index is 3.42. The minimum Gasteiger partial charge on any atom is -0.480 e. The van der Waals surface area contributed by atoms with Gasteiger partial charge < -0.3 is 19.3 Å². The van der Waals surface area contributed by atoms with Gasteiger partial charge in [-0.3, -0.25) is 14.1 Å². The predicted octanol–water partition coefficient (Wildman–Crippen LogP) is 3.21. The van der Waals surface area contributed by atoms with Crippen molar-refractivity contribution in [2.75, 3.05) is 33.0 Å². The van der Waals surface area contributed by atoms with Gasteiger partial charge in [0.05, 0.1) is 26.2 Å². The van der Waals surface area contributed by atoms with E-state index in [0.29, 0.717) is 19.8 Å². The van der Waals surface area contributed by atoms with Crippen LogP contribution in [0.15, 0.2) is 0 Å². The average molecular weight is 455 g/mol. The second kappa shape index (κ2) is 18.5. The highest BCUT2D eigenvalue weighted by Gasteiger charge is 2.33. The Labute approximate surface area is 180 Å². The molecule has 0 spiro atoms. The number of carboxylic acid groups (broad SMARTS) is 1. The number of ether oxygens (including phenoxy) is 3. The van der Waals surface area contributed by atoms with Gasteiger partial charge in [0.2, 0.25) is 0 Å². The molecule has 0 saturated heterocycles. The van der Waals surface area contributed by atoms with Crippen molar-refractivity contribution in [1.82, 2.24) is 0 Å². The summed E-state index contributed by atoms with van der Waals surface area (Å²) in [4.78, 5) is 22.2. The number of hydrogen-bond acceptors (Lipinski definition) is 7. The molecule has 0 bridgehead atoms. The van der Waals surface area contributed by atoms with Crippen molar-refractivity contribution < 1.29 is 41.9 Å². The van der Waals surface area contributed by atoms with Crippen molar-refractivity contribution in [1.29, 1.82) is 0 Å². The molecule has 0 aliphatic heterocycles. The zero-order valence-corrected chi connectivity index (χ0v) is 18.9. The Morgan fingerprint density at radius 2 is 1.23 bits per heavy atom. The number of hydrogen-bond donors (Lipinski definition) is 2. The third-order valence-electron chi connectivity index (χ3n) is 4.49. The molecular weight excluding hydrogens is 416 g/mol. The molecule has 178 valence electrons. The Morgan fingerprint density at radius 1 is 0.767 bits per heavy atom. The second-order valence-corrected chi connectivity index (χ2v) is 8.77. The van der Waals surface area contributed by atoms with Crippen LogP contribution in [0.1, 0.15) is 77.6 Å². The first-order valence-electron chi connectivity index (χ1n) is 10.8. The van der Waals surface area contributed by atoms with E-state index in [1.165, 1.54) is 51.4 Å². The number of carbonyl (C=O) groups excluding carboxylic acids is 1. The fraction of sp³-hybridized carbons (Fsp3) is 0.900. The number of carbonyl (C=O) groups is 2. The van der Waals surface area contributed by atoms with Gasteiger partial charge in [0.15, 0.2) is 5.25 Å². The summed E-state index contributed by atoms with van der Waals surface area (Å²) >= 11 is 0. The summed E-state index contributed by atoms with van der Waals surface area (Å²) in [5, 5.41) is 6.46. The van der Waals surface area contributed by atoms with Crippen molar-refractivity contribution in [2.45, 2.75) is 82.8 Å². The SMILES string of the molecule is CCCCCCCCCCCCOCCOCCOC(=O)CC(C(=O)O)S(=O)(=O)O. The minimum absolute atomic E-state index is 0.0803. The molecule has 2 N–H and O–H groups in total. The highest BCUT2D eigenvalue weighted by atomic mass is 32.2. The molecule has 1 atom stereocenters. The number of carboxylic acids is 1. The van der Waals surface area contributed by atoms with Crippen LogP contribution < -0.4 is 0 Å². The van der Waals surface area contributed by atoms with Gasteiger partial charge >= 0.3 is 11.9 Å². The molecule has 1 unspecified atom stereocenters. The lowest BCUT2D eigenvalue weighted by molar-refractivity contribution is -0.148. The van der Waals surface area contributed by atoms with E-state index in [1.54, 1.807) is 0 Å². The van der Waals surface area contributed by atoms with Crippen LogP contribution in [0.3, 0.4) is 0 Å². The lowest BCUT2D eigenvalue weighted by atomic mass is 10.1. The van der Waals surface area contributed by atoms with Gasteiger partial charge in [-0.25, -0.2) is 0 Å². The van der Waals surface area contributed by atoms with E-state index in [-0.39, 0.29) is 13.2 Å². The summed E-state index contributed by atoms with van der Waals surface area (Å²) in [5.41, 5.74) is 0. The largest absolute Gasteiger partial charge is 0.480 e. The maximum atomic E-state index is 11.4. The van der Waals surface area contributed by atoms with Crippen LogP contribution >= 0.6 is 0 Å². The molecule has 0 fully saturated rings. The summed E-state index contributed by atoms with van der Waals surface area (Å²) in [7, 11) is -4.87. The summed E-state index contributed by atoms with van der Waals surface area (Å²) in [6, 6.07) is 0. The summed E-state index contributed by atoms with van der Waals surface area (Å²) in [6.07, 6.45) is 11.7. The molecule has 0 aromatic rings. The standard InChI is InChI=1S/C20H38O9S/c1-2-3-4-5-6-7-8-9-10-11-12-27-13-14-28-15-16-29-19(21)17-18(20(22)23)30(24,25)26/h18H,2-17H2,1H3,(H,22,23)(H,24,25,26). The van der Waals surface area contributed by atoms with Crippen LogP contribution in [0.4, 0.5) is 0 Å². The molecule has 30 heavy (non-hydrogen) atoms. The van der Waals surface area contributed by atoms with Gasteiger partial charge in [-0.1, -0.05) is 64.7 Å². The molecule has 0 rings (SSSR count). The minimum atomic E-state index is -4.87. The van der Waals surface area contributed by atoms with Gasteiger partial charge in [-0.15, -0.1) is 0 Å². The fourth-order valence-corrected chi connectivity index (χ4v) is 3.36. The Kier molecular flexibility index (Phi) is 17.8. The molecule has 0 amide bonds. The van der Waals surface area contributed by atoms with Crippen LogP contribution in [0, 0.1) is 0 Å². The van der Waals surface area contributed by atoms with Crippen LogP contribution in [-0.4, -0.2) is 68.3 Å². The van der Waals surface area contributed by atoms with Crippen LogP contribution in [0.25, 0.3) is 0 Å². The zero-order valence-electron chi connectivity index (χ0n) is 18.1. The van der Waals surface area contributed by atoms with Gasteiger partial charge in [0.1, 0.15) is 6.61 Å². The molecular formula is C20H38O9S. The van der Waals surface area contributed by atoms with Crippen molar-refractivity contribution in [3.05, 3.63) is 0 Å². The number of esters is 1. The van der Waals surface area contributed by atoms with Crippen LogP contribution in [0.5, 0.6) is 0 Å². The molecule has 0 aromatic carbocycles. The molecule has 0 aliphatic carbocycles. The maximum Gasteiger partial charge on any atom is 0.325 e. The quantitative estimate of drug-likeness (QED) is 0.152. The average Bonchev–Trinajstić information content (AvgIpc) is 2.67. The highest BCUT2D eigenvalue weighted by Crippen LogP contribution is 2.10. The van der Waals surface area contributed by atoms with Crippen molar-refractivity contribution in [3.8, 4) is 0 Å². The van der Waals surface area contributed by atoms with Gasteiger partial charge in [0, 0.05) is 6.61 Å². The van der Waals surface area contributed by atoms with Crippen LogP contribution in [0.2, 0.25) is 0 Å². The Bertz CT molecular complexity index is 548. The summed E-state index contributed by atoms with van der Waals surface area (Å²) in [5.74, 6) is -2.86. The van der Waals surface area contributed by atoms with Crippen LogP contribution in [-0.2, 0) is 33.9 Å². The van der Waals surface area contributed by atoms with Crippen molar-refractivity contribution in [3.63, 3.8) is 0 Å². The van der Waals surface area contributed by atoms with Gasteiger partial charge in [-0.2, -0.15) is 8.42 Å². The first-order chi connectivity index (χ1) is 14.3. The third kappa shape index (κ3) is 17.6. The van der Waals surface area contributed by atoms with Gasteiger partial charge in [0.25, 0.3) is 10.1 Å². The smallest absolute Gasteiger partial charge is 0.325 e. The monoisotopic (exact) mass is 454 g/mol. The lowest BCUT2D eigenvalue weighted by Crippen LogP contribution is -2.32. The topological polar surface area (TPSA) is 136 Å². The maximum absolute atomic E-state index is 11.4. The predicted molar refractivity (Wildman–Crippen MR) is 112 cm³/mol. The molecule has 0 radical (unpaired) electrons. The van der Waals surface area contributed by atoms with E-state index in [0.717, 1.165) is 12.8 Å². The number of unbranched alkanes of at least 4 members (excludes halogenated alkanes) is 9. The lowest BCUT2D eigenvalue weighted by Gasteiger charge is -2.09. The summed E-state index contributed by atoms with van der Waals surface area (Å²) in [6.45, 7) is 3.60. The zero-order chi connectivity index (χ0) is 22.7. The van der Waals surface area contributed by atoms with E-state index in [4.69, 9.17) is 23.9 Å². The Hall–Kier alpha value is -1.23. The second-order valence-electron chi connectivity index (χ2n) is 7.17. The van der Waals surface area contributed by atoms with Crippen molar-refractivity contribution in [2.24, 2.45) is 0 Å². The first-order valence-corrected chi connectivity index (χ1v) is 12.3.